The average molecular weight is 339 g/mol. The lowest BCUT2D eigenvalue weighted by Crippen LogP contribution is -2.56. The third-order valence-corrected chi connectivity index (χ3v) is 4.70. The fourth-order valence-electron chi connectivity index (χ4n) is 3.08. The first kappa shape index (κ1) is 16.0. The molecule has 7 nitrogen and oxygen atoms in total. The minimum atomic E-state index is 0.588. The van der Waals surface area contributed by atoms with E-state index in [-0.39, 0.29) is 0 Å². The number of piperazine rings is 1. The van der Waals surface area contributed by atoms with Crippen LogP contribution < -0.4 is 10.2 Å². The van der Waals surface area contributed by atoms with Gasteiger partial charge >= 0.3 is 0 Å². The molecule has 0 amide bonds. The van der Waals surface area contributed by atoms with Crippen LogP contribution in [0.5, 0.6) is 0 Å². The summed E-state index contributed by atoms with van der Waals surface area (Å²) < 4.78 is 5.28. The van der Waals surface area contributed by atoms with Crippen LogP contribution in [0.3, 0.4) is 0 Å². The first-order chi connectivity index (χ1) is 12.3. The van der Waals surface area contributed by atoms with Crippen LogP contribution in [0.1, 0.15) is 10.4 Å². The molecule has 0 bridgehead atoms. The van der Waals surface area contributed by atoms with E-state index in [4.69, 9.17) is 4.74 Å². The highest BCUT2D eigenvalue weighted by atomic mass is 16.5. The van der Waals surface area contributed by atoms with Gasteiger partial charge in [-0.15, -0.1) is 0 Å². The molecular formula is C18H21N5O2. The van der Waals surface area contributed by atoms with Crippen molar-refractivity contribution < 1.29 is 9.53 Å². The van der Waals surface area contributed by atoms with Gasteiger partial charge < -0.3 is 15.0 Å². The highest BCUT2D eigenvalue weighted by molar-refractivity contribution is 5.76. The molecule has 2 aliphatic heterocycles. The number of hydrogen-bond acceptors (Lipinski definition) is 7. The zero-order chi connectivity index (χ0) is 17.1. The molecule has 0 unspecified atom stereocenters. The summed E-state index contributed by atoms with van der Waals surface area (Å²) >= 11 is 0. The smallest absolute Gasteiger partial charge is 0.227 e. The molecule has 3 heterocycles. The van der Waals surface area contributed by atoms with Crippen LogP contribution in [0.4, 0.5) is 17.5 Å². The first-order valence-electron chi connectivity index (χ1n) is 8.54. The number of ether oxygens (including phenoxy) is 1. The number of anilines is 3. The van der Waals surface area contributed by atoms with E-state index in [2.05, 4.69) is 25.1 Å². The van der Waals surface area contributed by atoms with Gasteiger partial charge in [-0.05, 0) is 30.3 Å². The summed E-state index contributed by atoms with van der Waals surface area (Å²) in [6.07, 6.45) is 2.61. The molecule has 2 aliphatic rings. The molecule has 0 atom stereocenters. The second kappa shape index (κ2) is 7.16. The maximum absolute atomic E-state index is 10.7. The van der Waals surface area contributed by atoms with E-state index in [1.54, 1.807) is 18.3 Å². The molecule has 2 saturated heterocycles. The standard InChI is InChI=1S/C18H21N5O2/c24-11-14-1-3-15(4-2-14)20-17-5-6-19-18(21-17)23-9-7-22(8-10-23)16-12-25-13-16/h1-6,11,16H,7-10,12-13H2,(H,19,20,21). The molecule has 4 rings (SSSR count). The van der Waals surface area contributed by atoms with Crippen LogP contribution in [0.25, 0.3) is 0 Å². The summed E-state index contributed by atoms with van der Waals surface area (Å²) in [4.78, 5) is 24.5. The Morgan fingerprint density at radius 2 is 1.84 bits per heavy atom. The molecule has 2 aromatic rings. The van der Waals surface area contributed by atoms with E-state index in [1.165, 1.54) is 0 Å². The quantitative estimate of drug-likeness (QED) is 0.829. The van der Waals surface area contributed by atoms with Crippen molar-refractivity contribution in [3.8, 4) is 0 Å². The molecule has 0 aliphatic carbocycles. The second-order valence-electron chi connectivity index (χ2n) is 6.32. The lowest BCUT2D eigenvalue weighted by atomic mass is 10.2. The number of aromatic nitrogens is 2. The number of nitrogens with zero attached hydrogens (tertiary/aromatic N) is 4. The Hall–Kier alpha value is -2.51. The molecular weight excluding hydrogens is 318 g/mol. The fraction of sp³-hybridized carbons (Fsp3) is 0.389. The highest BCUT2D eigenvalue weighted by Gasteiger charge is 2.29. The Morgan fingerprint density at radius 1 is 1.08 bits per heavy atom. The monoisotopic (exact) mass is 339 g/mol. The Morgan fingerprint density at radius 3 is 2.48 bits per heavy atom. The van der Waals surface area contributed by atoms with Crippen molar-refractivity contribution in [2.24, 2.45) is 0 Å². The number of carbonyl (C=O) groups is 1. The molecule has 7 heteroatoms. The summed E-state index contributed by atoms with van der Waals surface area (Å²) in [7, 11) is 0. The number of nitrogens with one attached hydrogen (secondary N) is 1. The van der Waals surface area contributed by atoms with Crippen molar-refractivity contribution >= 4 is 23.7 Å². The van der Waals surface area contributed by atoms with E-state index in [9.17, 15) is 4.79 Å². The summed E-state index contributed by atoms with van der Waals surface area (Å²) in [5.74, 6) is 1.50. The third-order valence-electron chi connectivity index (χ3n) is 4.70. The minimum Gasteiger partial charge on any atom is -0.378 e. The molecule has 1 aromatic carbocycles. The predicted molar refractivity (Wildman–Crippen MR) is 95.5 cm³/mol. The van der Waals surface area contributed by atoms with Crippen molar-refractivity contribution in [1.82, 2.24) is 14.9 Å². The summed E-state index contributed by atoms with van der Waals surface area (Å²) in [6.45, 7) is 5.60. The van der Waals surface area contributed by atoms with E-state index >= 15 is 0 Å². The average Bonchev–Trinajstić information content (AvgIpc) is 2.62. The van der Waals surface area contributed by atoms with Crippen molar-refractivity contribution in [1.29, 1.82) is 0 Å². The van der Waals surface area contributed by atoms with E-state index in [0.717, 1.165) is 63.1 Å². The summed E-state index contributed by atoms with van der Waals surface area (Å²) in [5, 5.41) is 3.26. The zero-order valence-corrected chi connectivity index (χ0v) is 14.0. The molecule has 1 N–H and O–H groups in total. The van der Waals surface area contributed by atoms with Crippen LogP contribution in [0, 0.1) is 0 Å². The molecule has 130 valence electrons. The van der Waals surface area contributed by atoms with Crippen molar-refractivity contribution in [2.45, 2.75) is 6.04 Å². The van der Waals surface area contributed by atoms with Gasteiger partial charge in [0.2, 0.25) is 5.95 Å². The number of hydrogen-bond donors (Lipinski definition) is 1. The largest absolute Gasteiger partial charge is 0.378 e. The summed E-state index contributed by atoms with van der Waals surface area (Å²) in [5.41, 5.74) is 1.55. The van der Waals surface area contributed by atoms with Crippen molar-refractivity contribution in [3.05, 3.63) is 42.1 Å². The SMILES string of the molecule is O=Cc1ccc(Nc2ccnc(N3CCN(C4COC4)CC3)n2)cc1. The number of carbonyl (C=O) groups excluding carboxylic acids is 1. The maximum atomic E-state index is 10.7. The predicted octanol–water partition coefficient (Wildman–Crippen LogP) is 1.55. The fourth-order valence-corrected chi connectivity index (χ4v) is 3.08. The van der Waals surface area contributed by atoms with Gasteiger partial charge in [0.15, 0.2) is 0 Å². The topological polar surface area (TPSA) is 70.6 Å². The first-order valence-corrected chi connectivity index (χ1v) is 8.54. The van der Waals surface area contributed by atoms with E-state index < -0.39 is 0 Å². The van der Waals surface area contributed by atoms with Crippen molar-refractivity contribution in [3.63, 3.8) is 0 Å². The van der Waals surface area contributed by atoms with E-state index in [0.29, 0.717) is 11.6 Å². The molecule has 25 heavy (non-hydrogen) atoms. The Labute approximate surface area is 146 Å². The van der Waals surface area contributed by atoms with Gasteiger partial charge in [-0.1, -0.05) is 0 Å². The van der Waals surface area contributed by atoms with Crippen LogP contribution in [0.15, 0.2) is 36.5 Å². The molecule has 1 aromatic heterocycles. The molecule has 0 radical (unpaired) electrons. The van der Waals surface area contributed by atoms with E-state index in [1.807, 2.05) is 18.2 Å². The van der Waals surface area contributed by atoms with Gasteiger partial charge in [0, 0.05) is 43.6 Å². The highest BCUT2D eigenvalue weighted by Crippen LogP contribution is 2.19. The van der Waals surface area contributed by atoms with Crippen LogP contribution >= 0.6 is 0 Å². The molecule has 0 saturated carbocycles. The second-order valence-corrected chi connectivity index (χ2v) is 6.32. The van der Waals surface area contributed by atoms with Gasteiger partial charge in [0.05, 0.1) is 19.3 Å². The number of rotatable bonds is 5. The van der Waals surface area contributed by atoms with Gasteiger partial charge in [-0.25, -0.2) is 4.98 Å². The Kier molecular flexibility index (Phi) is 4.58. The van der Waals surface area contributed by atoms with Gasteiger partial charge in [0.1, 0.15) is 12.1 Å². The maximum Gasteiger partial charge on any atom is 0.227 e. The number of benzene rings is 1. The molecule has 2 fully saturated rings. The van der Waals surface area contributed by atoms with Crippen LogP contribution in [0.2, 0.25) is 0 Å². The van der Waals surface area contributed by atoms with Crippen molar-refractivity contribution in [2.75, 3.05) is 49.6 Å². The van der Waals surface area contributed by atoms with Crippen LogP contribution in [-0.2, 0) is 4.74 Å². The van der Waals surface area contributed by atoms with Crippen LogP contribution in [-0.4, -0.2) is 66.6 Å². The minimum absolute atomic E-state index is 0.588. The molecule has 0 spiro atoms. The summed E-state index contributed by atoms with van der Waals surface area (Å²) in [6, 6.07) is 9.72. The van der Waals surface area contributed by atoms with Gasteiger partial charge in [0.25, 0.3) is 0 Å². The Balaban J connectivity index is 1.39. The third kappa shape index (κ3) is 3.62. The van der Waals surface area contributed by atoms with Gasteiger partial charge in [-0.3, -0.25) is 9.69 Å². The normalized spacial score (nSPS) is 18.6. The van der Waals surface area contributed by atoms with Gasteiger partial charge in [-0.2, -0.15) is 4.98 Å². The number of aldehydes is 1. The lowest BCUT2D eigenvalue weighted by molar-refractivity contribution is -0.0661. The Bertz CT molecular complexity index is 725. The lowest BCUT2D eigenvalue weighted by Gasteiger charge is -2.42. The zero-order valence-electron chi connectivity index (χ0n) is 14.0.